The van der Waals surface area contributed by atoms with Gasteiger partial charge in [0.25, 0.3) is 5.56 Å². The van der Waals surface area contributed by atoms with Crippen LogP contribution in [0.5, 0.6) is 0 Å². The number of aryl methyl sites for hydroxylation is 2. The van der Waals surface area contributed by atoms with Gasteiger partial charge in [-0.05, 0) is 25.0 Å². The van der Waals surface area contributed by atoms with Crippen molar-refractivity contribution < 1.29 is 9.90 Å². The molecule has 2 N–H and O–H groups in total. The summed E-state index contributed by atoms with van der Waals surface area (Å²) in [7, 11) is 0. The lowest BCUT2D eigenvalue weighted by atomic mass is 10.1. The number of hydrogen-bond donors (Lipinski definition) is 2. The summed E-state index contributed by atoms with van der Waals surface area (Å²) < 4.78 is 1.45. The Labute approximate surface area is 122 Å². The van der Waals surface area contributed by atoms with E-state index in [1.54, 1.807) is 6.07 Å². The molecule has 0 aliphatic rings. The molecule has 1 heterocycles. The van der Waals surface area contributed by atoms with Crippen molar-refractivity contribution in [3.8, 4) is 0 Å². The fourth-order valence-electron chi connectivity index (χ4n) is 2.11. The number of hydrogen-bond acceptors (Lipinski definition) is 4. The summed E-state index contributed by atoms with van der Waals surface area (Å²) in [5, 5.41) is 11.9. The molecule has 2 rings (SSSR count). The van der Waals surface area contributed by atoms with Gasteiger partial charge in [-0.25, -0.2) is 4.98 Å². The van der Waals surface area contributed by atoms with E-state index in [-0.39, 0.29) is 24.5 Å². The van der Waals surface area contributed by atoms with Crippen LogP contribution < -0.4 is 10.9 Å². The third-order valence-corrected chi connectivity index (χ3v) is 3.29. The van der Waals surface area contributed by atoms with Gasteiger partial charge in [0.05, 0.1) is 17.2 Å². The zero-order chi connectivity index (χ0) is 15.2. The van der Waals surface area contributed by atoms with Gasteiger partial charge in [0, 0.05) is 26.1 Å². The van der Waals surface area contributed by atoms with Gasteiger partial charge in [0.2, 0.25) is 5.91 Å². The summed E-state index contributed by atoms with van der Waals surface area (Å²) in [6.45, 7) is 2.70. The summed E-state index contributed by atoms with van der Waals surface area (Å²) in [6.07, 6.45) is 2.23. The van der Waals surface area contributed by atoms with Gasteiger partial charge < -0.3 is 10.4 Å². The van der Waals surface area contributed by atoms with E-state index < -0.39 is 0 Å². The molecular formula is C15H19N3O3. The number of benzene rings is 1. The van der Waals surface area contributed by atoms with E-state index in [2.05, 4.69) is 10.3 Å². The van der Waals surface area contributed by atoms with Crippen LogP contribution in [0.2, 0.25) is 0 Å². The number of nitrogens with zero attached hydrogens (tertiary/aromatic N) is 2. The zero-order valence-corrected chi connectivity index (χ0v) is 12.0. The highest BCUT2D eigenvalue weighted by molar-refractivity contribution is 5.80. The number of aromatic nitrogens is 2. The van der Waals surface area contributed by atoms with Crippen LogP contribution >= 0.6 is 0 Å². The molecule has 0 unspecified atom stereocenters. The van der Waals surface area contributed by atoms with E-state index in [4.69, 9.17) is 5.11 Å². The van der Waals surface area contributed by atoms with Crippen molar-refractivity contribution in [2.24, 2.45) is 0 Å². The normalized spacial score (nSPS) is 10.8. The highest BCUT2D eigenvalue weighted by Crippen LogP contribution is 2.11. The molecule has 0 atom stereocenters. The van der Waals surface area contributed by atoms with Crippen LogP contribution in [-0.2, 0) is 11.3 Å². The quantitative estimate of drug-likeness (QED) is 0.762. The van der Waals surface area contributed by atoms with Crippen molar-refractivity contribution in [2.75, 3.05) is 13.2 Å². The molecule has 0 bridgehead atoms. The van der Waals surface area contributed by atoms with Gasteiger partial charge in [-0.1, -0.05) is 12.1 Å². The van der Waals surface area contributed by atoms with Crippen LogP contribution in [0.4, 0.5) is 0 Å². The third-order valence-electron chi connectivity index (χ3n) is 3.29. The Bertz CT molecular complexity index is 694. The number of carbonyl (C=O) groups is 1. The summed E-state index contributed by atoms with van der Waals surface area (Å²) in [5.74, 6) is -0.139. The lowest BCUT2D eigenvalue weighted by molar-refractivity contribution is -0.121. The van der Waals surface area contributed by atoms with Crippen LogP contribution in [-0.4, -0.2) is 33.7 Å². The summed E-state index contributed by atoms with van der Waals surface area (Å²) in [6, 6.07) is 5.48. The van der Waals surface area contributed by atoms with Crippen LogP contribution in [0.1, 0.15) is 18.4 Å². The largest absolute Gasteiger partial charge is 0.396 e. The predicted octanol–water partition coefficient (Wildman–Crippen LogP) is 0.594. The minimum absolute atomic E-state index is 0.0493. The van der Waals surface area contributed by atoms with E-state index in [1.165, 1.54) is 10.9 Å². The number of aliphatic hydroxyl groups is 1. The molecule has 6 nitrogen and oxygen atoms in total. The highest BCUT2D eigenvalue weighted by atomic mass is 16.3. The Balaban J connectivity index is 2.08. The minimum Gasteiger partial charge on any atom is -0.396 e. The fraction of sp³-hybridized carbons (Fsp3) is 0.400. The molecule has 0 radical (unpaired) electrons. The first-order valence-corrected chi connectivity index (χ1v) is 6.96. The molecule has 0 aliphatic carbocycles. The zero-order valence-electron chi connectivity index (χ0n) is 12.0. The molecule has 0 spiro atoms. The standard InChI is InChI=1S/C15H19N3O3/c1-11-4-2-5-12-14(11)17-10-18(15(12)21)8-6-13(20)16-7-3-9-19/h2,4-5,10,19H,3,6-9H2,1H3,(H,16,20). The van der Waals surface area contributed by atoms with E-state index in [1.807, 2.05) is 19.1 Å². The van der Waals surface area contributed by atoms with Gasteiger partial charge >= 0.3 is 0 Å². The van der Waals surface area contributed by atoms with Crippen molar-refractivity contribution in [3.63, 3.8) is 0 Å². The van der Waals surface area contributed by atoms with Crippen molar-refractivity contribution in [2.45, 2.75) is 26.3 Å². The lowest BCUT2D eigenvalue weighted by Gasteiger charge is -2.08. The number of rotatable bonds is 6. The third kappa shape index (κ3) is 3.66. The van der Waals surface area contributed by atoms with Crippen LogP contribution in [0.3, 0.4) is 0 Å². The Kier molecular flexibility index (Phi) is 5.05. The topological polar surface area (TPSA) is 84.2 Å². The number of para-hydroxylation sites is 1. The van der Waals surface area contributed by atoms with Crippen LogP contribution in [0, 0.1) is 6.92 Å². The molecule has 0 fully saturated rings. The Morgan fingerprint density at radius 1 is 1.43 bits per heavy atom. The molecule has 0 aliphatic heterocycles. The summed E-state index contributed by atoms with van der Waals surface area (Å²) >= 11 is 0. The lowest BCUT2D eigenvalue weighted by Crippen LogP contribution is -2.28. The molecule has 6 heteroatoms. The Hall–Kier alpha value is -2.21. The molecule has 1 aromatic carbocycles. The first-order chi connectivity index (χ1) is 10.1. The Morgan fingerprint density at radius 2 is 2.24 bits per heavy atom. The monoisotopic (exact) mass is 289 g/mol. The maximum atomic E-state index is 12.3. The molecule has 0 saturated heterocycles. The second-order valence-electron chi connectivity index (χ2n) is 4.89. The van der Waals surface area contributed by atoms with Crippen molar-refractivity contribution in [1.29, 1.82) is 0 Å². The summed E-state index contributed by atoms with van der Waals surface area (Å²) in [5.41, 5.74) is 1.52. The molecule has 21 heavy (non-hydrogen) atoms. The van der Waals surface area contributed by atoms with Crippen LogP contribution in [0.15, 0.2) is 29.3 Å². The average Bonchev–Trinajstić information content (AvgIpc) is 2.48. The van der Waals surface area contributed by atoms with E-state index in [0.29, 0.717) is 30.4 Å². The van der Waals surface area contributed by atoms with Crippen molar-refractivity contribution in [1.82, 2.24) is 14.9 Å². The molecule has 1 aromatic heterocycles. The molecule has 0 saturated carbocycles. The number of aliphatic hydroxyl groups excluding tert-OH is 1. The summed E-state index contributed by atoms with van der Waals surface area (Å²) in [4.78, 5) is 28.2. The average molecular weight is 289 g/mol. The van der Waals surface area contributed by atoms with E-state index >= 15 is 0 Å². The number of carbonyl (C=O) groups excluding carboxylic acids is 1. The second-order valence-corrected chi connectivity index (χ2v) is 4.89. The first-order valence-electron chi connectivity index (χ1n) is 6.96. The maximum Gasteiger partial charge on any atom is 0.261 e. The van der Waals surface area contributed by atoms with Gasteiger partial charge in [-0.15, -0.1) is 0 Å². The van der Waals surface area contributed by atoms with Crippen molar-refractivity contribution >= 4 is 16.8 Å². The van der Waals surface area contributed by atoms with Gasteiger partial charge in [-0.2, -0.15) is 0 Å². The molecule has 2 aromatic rings. The van der Waals surface area contributed by atoms with E-state index in [9.17, 15) is 9.59 Å². The highest BCUT2D eigenvalue weighted by Gasteiger charge is 2.07. The smallest absolute Gasteiger partial charge is 0.261 e. The van der Waals surface area contributed by atoms with Crippen molar-refractivity contribution in [3.05, 3.63) is 40.4 Å². The second kappa shape index (κ2) is 6.99. The van der Waals surface area contributed by atoms with Gasteiger partial charge in [-0.3, -0.25) is 14.2 Å². The minimum atomic E-state index is -0.139. The maximum absolute atomic E-state index is 12.3. The number of nitrogens with one attached hydrogen (secondary N) is 1. The van der Waals surface area contributed by atoms with Gasteiger partial charge in [0.1, 0.15) is 0 Å². The SMILES string of the molecule is Cc1cccc2c(=O)n(CCC(=O)NCCCO)cnc12. The fourth-order valence-corrected chi connectivity index (χ4v) is 2.11. The molecule has 112 valence electrons. The predicted molar refractivity (Wildman–Crippen MR) is 80.1 cm³/mol. The van der Waals surface area contributed by atoms with Crippen LogP contribution in [0.25, 0.3) is 10.9 Å². The van der Waals surface area contributed by atoms with Gasteiger partial charge in [0.15, 0.2) is 0 Å². The first kappa shape index (κ1) is 15.2. The molecule has 1 amide bonds. The van der Waals surface area contributed by atoms with E-state index in [0.717, 1.165) is 5.56 Å². The number of fused-ring (bicyclic) bond motifs is 1. The Morgan fingerprint density at radius 3 is 3.00 bits per heavy atom. The number of amides is 1. The molecular weight excluding hydrogens is 270 g/mol.